The van der Waals surface area contributed by atoms with Crippen molar-refractivity contribution in [2.24, 2.45) is 5.73 Å². The van der Waals surface area contributed by atoms with Crippen LogP contribution in [-0.4, -0.2) is 54.4 Å². The van der Waals surface area contributed by atoms with Crippen LogP contribution < -0.4 is 21.1 Å². The molecule has 2 amide bonds. The van der Waals surface area contributed by atoms with Gasteiger partial charge in [0.2, 0.25) is 0 Å². The zero-order chi connectivity index (χ0) is 26.3. The second-order valence-electron chi connectivity index (χ2n) is 8.56. The van der Waals surface area contributed by atoms with Gasteiger partial charge in [-0.3, -0.25) is 10.2 Å². The van der Waals surface area contributed by atoms with Crippen molar-refractivity contribution in [2.75, 3.05) is 26.0 Å². The van der Waals surface area contributed by atoms with Gasteiger partial charge >= 0.3 is 6.09 Å². The summed E-state index contributed by atoms with van der Waals surface area (Å²) in [4.78, 5) is 29.2. The first-order valence-electron chi connectivity index (χ1n) is 11.0. The fourth-order valence-corrected chi connectivity index (χ4v) is 5.47. The molecule has 1 aromatic carbocycles. The predicted octanol–water partition coefficient (Wildman–Crippen LogP) is 4.56. The molecule has 2 aromatic heterocycles. The van der Waals surface area contributed by atoms with E-state index in [9.17, 15) is 9.59 Å². The molecule has 3 aromatic rings. The number of alkyl carbamates (subject to hydrolysis) is 1. The Kier molecular flexibility index (Phi) is 9.35. The van der Waals surface area contributed by atoms with Crippen LogP contribution in [0.25, 0.3) is 21.8 Å². The molecular formula is C24H29N5O4S3. The summed E-state index contributed by atoms with van der Waals surface area (Å²) in [7, 11) is 0. The molecule has 0 saturated carbocycles. The van der Waals surface area contributed by atoms with Crippen LogP contribution in [0.3, 0.4) is 0 Å². The maximum atomic E-state index is 12.1. The van der Waals surface area contributed by atoms with Gasteiger partial charge in [-0.2, -0.15) is 0 Å². The molecule has 0 aliphatic heterocycles. The van der Waals surface area contributed by atoms with Crippen molar-refractivity contribution in [3.63, 3.8) is 0 Å². The number of nitrogens with one attached hydrogen (secondary N) is 3. The maximum absolute atomic E-state index is 12.1. The fraction of sp³-hybridized carbons (Fsp3) is 0.333. The molecule has 0 bridgehead atoms. The van der Waals surface area contributed by atoms with Crippen molar-refractivity contribution in [3.05, 3.63) is 40.6 Å². The highest BCUT2D eigenvalue weighted by Crippen LogP contribution is 2.38. The molecule has 0 radical (unpaired) electrons. The van der Waals surface area contributed by atoms with Crippen LogP contribution in [0.4, 0.5) is 4.79 Å². The highest BCUT2D eigenvalue weighted by molar-refractivity contribution is 8.00. The van der Waals surface area contributed by atoms with Crippen molar-refractivity contribution < 1.29 is 19.1 Å². The number of rotatable bonds is 10. The van der Waals surface area contributed by atoms with Crippen LogP contribution in [0.2, 0.25) is 0 Å². The van der Waals surface area contributed by atoms with Crippen molar-refractivity contribution in [1.29, 1.82) is 5.41 Å². The number of carbonyl (C=O) groups excluding carboxylic acids is 2. The Labute approximate surface area is 222 Å². The predicted molar refractivity (Wildman–Crippen MR) is 146 cm³/mol. The van der Waals surface area contributed by atoms with Crippen molar-refractivity contribution >= 4 is 52.3 Å². The number of carbonyl (C=O) groups is 2. The van der Waals surface area contributed by atoms with E-state index in [1.165, 1.54) is 22.7 Å². The molecule has 0 aliphatic carbocycles. The third kappa shape index (κ3) is 7.97. The van der Waals surface area contributed by atoms with Crippen LogP contribution in [0, 0.1) is 5.41 Å². The summed E-state index contributed by atoms with van der Waals surface area (Å²) in [5, 5.41) is 15.9. The number of amidine groups is 1. The van der Waals surface area contributed by atoms with Crippen molar-refractivity contribution in [1.82, 2.24) is 15.6 Å². The molecule has 0 fully saturated rings. The van der Waals surface area contributed by atoms with Gasteiger partial charge < -0.3 is 25.8 Å². The Hall–Kier alpha value is -3.09. The van der Waals surface area contributed by atoms with E-state index in [1.54, 1.807) is 38.6 Å². The highest BCUT2D eigenvalue weighted by Gasteiger charge is 2.17. The lowest BCUT2D eigenvalue weighted by atomic mass is 10.1. The Morgan fingerprint density at radius 1 is 1.19 bits per heavy atom. The lowest BCUT2D eigenvalue weighted by Crippen LogP contribution is -2.39. The van der Waals surface area contributed by atoms with Gasteiger partial charge in [-0.05, 0) is 45.2 Å². The Morgan fingerprint density at radius 2 is 1.94 bits per heavy atom. The normalized spacial score (nSPS) is 11.1. The Morgan fingerprint density at radius 3 is 2.64 bits per heavy atom. The topological polar surface area (TPSA) is 139 Å². The number of thiazole rings is 1. The first-order valence-corrected chi connectivity index (χ1v) is 13.9. The third-order valence-electron chi connectivity index (χ3n) is 4.50. The Bertz CT molecular complexity index is 1230. The van der Waals surface area contributed by atoms with Gasteiger partial charge in [0, 0.05) is 29.6 Å². The monoisotopic (exact) mass is 547 g/mol. The minimum Gasteiger partial charge on any atom is -0.484 e. The molecule has 36 heavy (non-hydrogen) atoms. The van der Waals surface area contributed by atoms with E-state index in [4.69, 9.17) is 25.6 Å². The molecule has 3 rings (SSSR count). The van der Waals surface area contributed by atoms with E-state index in [2.05, 4.69) is 10.6 Å². The third-order valence-corrected chi connectivity index (χ3v) is 7.61. The number of nitrogen functional groups attached to an aromatic ring is 1. The zero-order valence-corrected chi connectivity index (χ0v) is 22.9. The molecule has 0 aliphatic rings. The second-order valence-corrected chi connectivity index (χ2v) is 11.6. The summed E-state index contributed by atoms with van der Waals surface area (Å²) in [5.74, 6) is 0.260. The first-order chi connectivity index (χ1) is 17.1. The highest BCUT2D eigenvalue weighted by atomic mass is 32.2. The van der Waals surface area contributed by atoms with E-state index in [1.807, 2.05) is 35.9 Å². The number of hydrogen-bond acceptors (Lipinski definition) is 9. The fourth-order valence-electron chi connectivity index (χ4n) is 2.98. The lowest BCUT2D eigenvalue weighted by molar-refractivity contribution is -0.123. The van der Waals surface area contributed by atoms with Crippen LogP contribution in [0.1, 0.15) is 25.6 Å². The smallest absolute Gasteiger partial charge is 0.407 e. The quantitative estimate of drug-likeness (QED) is 0.126. The average molecular weight is 548 g/mol. The number of aromatic nitrogens is 1. The first kappa shape index (κ1) is 27.5. The summed E-state index contributed by atoms with van der Waals surface area (Å²) in [5.41, 5.74) is 7.68. The van der Waals surface area contributed by atoms with Gasteiger partial charge in [-0.15, -0.1) is 34.4 Å². The van der Waals surface area contributed by atoms with Gasteiger partial charge in [0.05, 0.1) is 14.8 Å². The number of hydrogen-bond donors (Lipinski definition) is 4. The summed E-state index contributed by atoms with van der Waals surface area (Å²) in [6.07, 6.45) is 1.45. The van der Waals surface area contributed by atoms with Crippen LogP contribution in [0.15, 0.2) is 39.9 Å². The van der Waals surface area contributed by atoms with E-state index in [0.29, 0.717) is 10.6 Å². The average Bonchev–Trinajstić information content (AvgIpc) is 3.47. The molecule has 2 heterocycles. The number of thioether (sulfide) groups is 1. The van der Waals surface area contributed by atoms with E-state index in [0.717, 1.165) is 26.0 Å². The molecule has 12 heteroatoms. The number of amides is 2. The molecule has 0 unspecified atom stereocenters. The molecule has 192 valence electrons. The lowest BCUT2D eigenvalue weighted by Gasteiger charge is -2.19. The number of benzene rings is 1. The second kappa shape index (κ2) is 12.2. The maximum Gasteiger partial charge on any atom is 0.407 e. The van der Waals surface area contributed by atoms with E-state index in [-0.39, 0.29) is 31.4 Å². The number of nitrogens with two attached hydrogens (primary N) is 1. The molecule has 0 saturated heterocycles. The zero-order valence-electron chi connectivity index (χ0n) is 20.5. The molecular weight excluding hydrogens is 518 g/mol. The summed E-state index contributed by atoms with van der Waals surface area (Å²) in [6.45, 7) is 5.69. The van der Waals surface area contributed by atoms with Gasteiger partial charge in [0.25, 0.3) is 5.91 Å². The summed E-state index contributed by atoms with van der Waals surface area (Å²) >= 11 is 4.58. The number of ether oxygens (including phenoxy) is 2. The van der Waals surface area contributed by atoms with Gasteiger partial charge in [-0.25, -0.2) is 9.78 Å². The number of nitrogens with zero attached hydrogens (tertiary/aromatic N) is 1. The van der Waals surface area contributed by atoms with Gasteiger partial charge in [0.15, 0.2) is 6.61 Å². The summed E-state index contributed by atoms with van der Waals surface area (Å²) < 4.78 is 11.8. The number of thiophene rings is 1. The minimum absolute atomic E-state index is 0.0290. The molecule has 9 nitrogen and oxygen atoms in total. The molecule has 0 atom stereocenters. The SMILES string of the molecule is CSc1cc(-c2nc(-c3cccc(OCC(=O)NCCNC(=O)OC(C)(C)C)c3)cs2)c(C(=N)N)s1. The van der Waals surface area contributed by atoms with E-state index < -0.39 is 11.7 Å². The van der Waals surface area contributed by atoms with Crippen LogP contribution in [0.5, 0.6) is 5.75 Å². The van der Waals surface area contributed by atoms with Crippen molar-refractivity contribution in [3.8, 4) is 27.6 Å². The molecule has 5 N–H and O–H groups in total. The van der Waals surface area contributed by atoms with Crippen LogP contribution >= 0.6 is 34.4 Å². The molecule has 0 spiro atoms. The standard InChI is InChI=1S/C24H29N5O4S3/c1-24(2,3)33-23(31)28-9-8-27-18(30)12-32-15-7-5-6-14(10-15)17-13-35-22(29-17)16-11-19(34-4)36-20(16)21(25)26/h5-7,10-11,13H,8-9,12H2,1-4H3,(H3,25,26)(H,27,30)(H,28,31). The van der Waals surface area contributed by atoms with Crippen molar-refractivity contribution in [2.45, 2.75) is 30.6 Å². The Balaban J connectivity index is 1.54. The minimum atomic E-state index is -0.574. The van der Waals surface area contributed by atoms with E-state index >= 15 is 0 Å². The van der Waals surface area contributed by atoms with Crippen LogP contribution in [-0.2, 0) is 9.53 Å². The summed E-state index contributed by atoms with van der Waals surface area (Å²) in [6, 6.07) is 9.36. The van der Waals surface area contributed by atoms with Gasteiger partial charge in [-0.1, -0.05) is 12.1 Å². The van der Waals surface area contributed by atoms with Gasteiger partial charge in [0.1, 0.15) is 22.2 Å². The largest absolute Gasteiger partial charge is 0.484 e.